The Morgan fingerprint density at radius 2 is 2.09 bits per heavy atom. The minimum atomic E-state index is -0.486. The van der Waals surface area contributed by atoms with Gasteiger partial charge < -0.3 is 9.47 Å². The lowest BCUT2D eigenvalue weighted by Gasteiger charge is -2.04. The molecule has 0 aliphatic heterocycles. The lowest BCUT2D eigenvalue weighted by Crippen LogP contribution is -2.15. The van der Waals surface area contributed by atoms with E-state index in [1.165, 1.54) is 6.20 Å². The standard InChI is InChI=1S/C15H13ClN4O3/c1-2-22-12(21)9-23-15-13-11(8-17-18-15)14(16)20(19-13)10-6-4-3-5-7-10/h3-8H,2,9H2,1H3. The van der Waals surface area contributed by atoms with Crippen molar-refractivity contribution in [2.75, 3.05) is 13.2 Å². The Kier molecular flexibility index (Phi) is 4.38. The molecule has 3 rings (SSSR count). The van der Waals surface area contributed by atoms with E-state index >= 15 is 0 Å². The van der Waals surface area contributed by atoms with E-state index in [0.717, 1.165) is 5.69 Å². The summed E-state index contributed by atoms with van der Waals surface area (Å²) in [5, 5.41) is 13.1. The first kappa shape index (κ1) is 15.2. The summed E-state index contributed by atoms with van der Waals surface area (Å²) < 4.78 is 11.7. The van der Waals surface area contributed by atoms with Crippen LogP contribution in [0.5, 0.6) is 5.88 Å². The van der Waals surface area contributed by atoms with E-state index in [-0.39, 0.29) is 19.1 Å². The highest BCUT2D eigenvalue weighted by Crippen LogP contribution is 2.29. The lowest BCUT2D eigenvalue weighted by atomic mass is 10.3. The van der Waals surface area contributed by atoms with Crippen molar-refractivity contribution < 1.29 is 14.3 Å². The van der Waals surface area contributed by atoms with Gasteiger partial charge in [0, 0.05) is 0 Å². The second-order valence-corrected chi connectivity index (χ2v) is 4.90. The van der Waals surface area contributed by atoms with Gasteiger partial charge in [0.05, 0.1) is 23.9 Å². The summed E-state index contributed by atoms with van der Waals surface area (Å²) in [6, 6.07) is 9.41. The third-order valence-electron chi connectivity index (χ3n) is 3.03. The molecule has 0 spiro atoms. The first-order valence-corrected chi connectivity index (χ1v) is 7.32. The Morgan fingerprint density at radius 1 is 1.30 bits per heavy atom. The SMILES string of the molecule is CCOC(=O)COc1nncc2c(Cl)n(-c3ccccc3)nc12. The van der Waals surface area contributed by atoms with Crippen molar-refractivity contribution in [2.24, 2.45) is 0 Å². The molecule has 0 fully saturated rings. The maximum Gasteiger partial charge on any atom is 0.344 e. The van der Waals surface area contributed by atoms with Crippen LogP contribution in [-0.2, 0) is 9.53 Å². The van der Waals surface area contributed by atoms with Crippen LogP contribution in [0.2, 0.25) is 5.15 Å². The normalized spacial score (nSPS) is 10.7. The third-order valence-corrected chi connectivity index (χ3v) is 3.40. The molecule has 0 atom stereocenters. The van der Waals surface area contributed by atoms with Gasteiger partial charge in [0.25, 0.3) is 5.88 Å². The van der Waals surface area contributed by atoms with E-state index in [2.05, 4.69) is 15.3 Å². The summed E-state index contributed by atoms with van der Waals surface area (Å²) in [5.41, 5.74) is 1.23. The van der Waals surface area contributed by atoms with Crippen molar-refractivity contribution in [3.05, 3.63) is 41.7 Å². The molecule has 0 bridgehead atoms. The van der Waals surface area contributed by atoms with Crippen LogP contribution in [0.15, 0.2) is 36.5 Å². The molecule has 0 unspecified atom stereocenters. The van der Waals surface area contributed by atoms with Gasteiger partial charge >= 0.3 is 5.97 Å². The highest BCUT2D eigenvalue weighted by molar-refractivity contribution is 6.34. The van der Waals surface area contributed by atoms with Crippen molar-refractivity contribution in [3.63, 3.8) is 0 Å². The topological polar surface area (TPSA) is 79.1 Å². The molecular formula is C15H13ClN4O3. The molecule has 2 heterocycles. The molecule has 8 heteroatoms. The number of halogens is 1. The number of fused-ring (bicyclic) bond motifs is 1. The number of rotatable bonds is 5. The highest BCUT2D eigenvalue weighted by atomic mass is 35.5. The lowest BCUT2D eigenvalue weighted by molar-refractivity contribution is -0.145. The number of hydrogen-bond donors (Lipinski definition) is 0. The van der Waals surface area contributed by atoms with E-state index in [0.29, 0.717) is 16.1 Å². The van der Waals surface area contributed by atoms with Crippen LogP contribution < -0.4 is 4.74 Å². The quantitative estimate of drug-likeness (QED) is 0.668. The number of carbonyl (C=O) groups is 1. The van der Waals surface area contributed by atoms with E-state index in [1.807, 2.05) is 30.3 Å². The zero-order valence-corrected chi connectivity index (χ0v) is 13.0. The number of esters is 1. The Labute approximate surface area is 136 Å². The monoisotopic (exact) mass is 332 g/mol. The average molecular weight is 333 g/mol. The van der Waals surface area contributed by atoms with Gasteiger partial charge in [-0.2, -0.15) is 10.2 Å². The molecule has 0 N–H and O–H groups in total. The van der Waals surface area contributed by atoms with E-state index in [9.17, 15) is 4.79 Å². The van der Waals surface area contributed by atoms with Gasteiger partial charge in [0.2, 0.25) is 0 Å². The summed E-state index contributed by atoms with van der Waals surface area (Å²) in [4.78, 5) is 11.4. The molecule has 0 saturated carbocycles. The van der Waals surface area contributed by atoms with Gasteiger partial charge in [0.15, 0.2) is 12.1 Å². The van der Waals surface area contributed by atoms with Crippen LogP contribution >= 0.6 is 11.6 Å². The number of para-hydroxylation sites is 1. The zero-order chi connectivity index (χ0) is 16.2. The first-order chi connectivity index (χ1) is 11.2. The number of benzene rings is 1. The molecule has 23 heavy (non-hydrogen) atoms. The molecule has 0 saturated heterocycles. The number of hydrogen-bond acceptors (Lipinski definition) is 6. The summed E-state index contributed by atoms with van der Waals surface area (Å²) in [6.45, 7) is 1.74. The maximum atomic E-state index is 11.4. The van der Waals surface area contributed by atoms with Gasteiger partial charge in [-0.1, -0.05) is 29.8 Å². The zero-order valence-electron chi connectivity index (χ0n) is 12.3. The van der Waals surface area contributed by atoms with Crippen molar-refractivity contribution in [1.82, 2.24) is 20.0 Å². The Bertz CT molecular complexity index is 835. The van der Waals surface area contributed by atoms with Crippen molar-refractivity contribution in [2.45, 2.75) is 6.92 Å². The third kappa shape index (κ3) is 3.09. The fourth-order valence-corrected chi connectivity index (χ4v) is 2.31. The van der Waals surface area contributed by atoms with Crippen LogP contribution in [0.4, 0.5) is 0 Å². The van der Waals surface area contributed by atoms with Crippen LogP contribution in [0.25, 0.3) is 16.6 Å². The molecule has 0 aliphatic rings. The predicted molar refractivity (Wildman–Crippen MR) is 83.8 cm³/mol. The number of ether oxygens (including phenoxy) is 2. The summed E-state index contributed by atoms with van der Waals surface area (Å²) in [5.74, 6) is -0.355. The van der Waals surface area contributed by atoms with Crippen LogP contribution in [0.1, 0.15) is 6.92 Å². The molecule has 2 aromatic heterocycles. The number of nitrogens with zero attached hydrogens (tertiary/aromatic N) is 4. The largest absolute Gasteiger partial charge is 0.463 e. The van der Waals surface area contributed by atoms with E-state index < -0.39 is 5.97 Å². The number of carbonyl (C=O) groups excluding carboxylic acids is 1. The molecule has 1 aromatic carbocycles. The Balaban J connectivity index is 1.97. The summed E-state index contributed by atoms with van der Waals surface area (Å²) >= 11 is 6.36. The maximum absolute atomic E-state index is 11.4. The smallest absolute Gasteiger partial charge is 0.344 e. The van der Waals surface area contributed by atoms with Crippen molar-refractivity contribution in [3.8, 4) is 11.6 Å². The fourth-order valence-electron chi connectivity index (χ4n) is 2.04. The number of aromatic nitrogens is 4. The molecular weight excluding hydrogens is 320 g/mol. The Morgan fingerprint density at radius 3 is 2.83 bits per heavy atom. The van der Waals surface area contributed by atoms with Crippen LogP contribution in [0.3, 0.4) is 0 Å². The predicted octanol–water partition coefficient (Wildman–Crippen LogP) is 2.41. The summed E-state index contributed by atoms with van der Waals surface area (Å²) in [6.07, 6.45) is 1.50. The Hall–Kier alpha value is -2.67. The molecule has 7 nitrogen and oxygen atoms in total. The van der Waals surface area contributed by atoms with Gasteiger partial charge in [-0.3, -0.25) is 0 Å². The van der Waals surface area contributed by atoms with E-state index in [1.54, 1.807) is 11.6 Å². The van der Waals surface area contributed by atoms with Crippen LogP contribution in [-0.4, -0.2) is 39.2 Å². The van der Waals surface area contributed by atoms with Gasteiger partial charge in [-0.05, 0) is 19.1 Å². The molecule has 3 aromatic rings. The molecule has 0 aliphatic carbocycles. The first-order valence-electron chi connectivity index (χ1n) is 6.94. The molecule has 0 amide bonds. The second kappa shape index (κ2) is 6.62. The molecule has 118 valence electrons. The molecule has 0 radical (unpaired) electrons. The van der Waals surface area contributed by atoms with Crippen molar-refractivity contribution in [1.29, 1.82) is 0 Å². The average Bonchev–Trinajstić information content (AvgIpc) is 2.92. The van der Waals surface area contributed by atoms with Gasteiger partial charge in [-0.15, -0.1) is 5.10 Å². The van der Waals surface area contributed by atoms with Gasteiger partial charge in [-0.25, -0.2) is 9.48 Å². The highest BCUT2D eigenvalue weighted by Gasteiger charge is 2.17. The minimum absolute atomic E-state index is 0.132. The second-order valence-electron chi connectivity index (χ2n) is 4.54. The fraction of sp³-hybridized carbons (Fsp3) is 0.200. The minimum Gasteiger partial charge on any atom is -0.463 e. The van der Waals surface area contributed by atoms with Gasteiger partial charge in [0.1, 0.15) is 5.15 Å². The van der Waals surface area contributed by atoms with Crippen LogP contribution in [0, 0.1) is 0 Å². The van der Waals surface area contributed by atoms with E-state index in [4.69, 9.17) is 21.1 Å². The van der Waals surface area contributed by atoms with Crippen molar-refractivity contribution >= 4 is 28.5 Å². The summed E-state index contributed by atoms with van der Waals surface area (Å²) in [7, 11) is 0.